The molecule has 0 atom stereocenters. The Hall–Kier alpha value is -2.57. The van der Waals surface area contributed by atoms with Gasteiger partial charge < -0.3 is 0 Å². The summed E-state index contributed by atoms with van der Waals surface area (Å²) in [6, 6.07) is 5.32. The van der Waals surface area contributed by atoms with Crippen molar-refractivity contribution in [2.45, 2.75) is 31.6 Å². The predicted octanol–water partition coefficient (Wildman–Crippen LogP) is 3.07. The highest BCUT2D eigenvalue weighted by molar-refractivity contribution is 7.89. The third-order valence-electron chi connectivity index (χ3n) is 4.66. The number of nitrogens with one attached hydrogen (secondary N) is 1. The summed E-state index contributed by atoms with van der Waals surface area (Å²) in [6.45, 7) is 3.50. The zero-order valence-electron chi connectivity index (χ0n) is 14.9. The second-order valence-corrected chi connectivity index (χ2v) is 8.23. The van der Waals surface area contributed by atoms with E-state index in [2.05, 4.69) is 10.2 Å². The Morgan fingerprint density at radius 3 is 2.30 bits per heavy atom. The van der Waals surface area contributed by atoms with Gasteiger partial charge in [0.05, 0.1) is 28.6 Å². The Bertz CT molecular complexity index is 1020. The molecule has 1 saturated heterocycles. The number of rotatable bonds is 3. The molecule has 0 amide bonds. The smallest absolute Gasteiger partial charge is 0.246 e. The first kappa shape index (κ1) is 19.2. The van der Waals surface area contributed by atoms with Crippen molar-refractivity contribution in [2.75, 3.05) is 13.1 Å². The Morgan fingerprint density at radius 1 is 1.22 bits per heavy atom. The molecule has 0 bridgehead atoms. The molecule has 1 aromatic carbocycles. The Kier molecular flexibility index (Phi) is 5.13. The molecule has 1 aliphatic heterocycles. The molecule has 1 fully saturated rings. The molecule has 1 N–H and O–H groups in total. The largest absolute Gasteiger partial charge is 0.281 e. The Morgan fingerprint density at radius 2 is 1.81 bits per heavy atom. The molecule has 0 unspecified atom stereocenters. The molecular weight excluding hydrogens is 374 g/mol. The van der Waals surface area contributed by atoms with Gasteiger partial charge in [0, 0.05) is 13.1 Å². The number of piperidine rings is 1. The Balaban J connectivity index is 1.91. The van der Waals surface area contributed by atoms with Crippen LogP contribution in [0, 0.1) is 36.8 Å². The van der Waals surface area contributed by atoms with Crippen molar-refractivity contribution in [3.63, 3.8) is 0 Å². The van der Waals surface area contributed by atoms with E-state index in [0.717, 1.165) is 12.1 Å². The number of nitriles is 1. The SMILES string of the molecule is Cc1n[nH]c(C)c1S(=O)(=O)N1CCC(=C(C#N)c2c(F)cccc2F)CC1. The highest BCUT2D eigenvalue weighted by Crippen LogP contribution is 2.32. The minimum Gasteiger partial charge on any atom is -0.281 e. The van der Waals surface area contributed by atoms with Crippen LogP contribution in [0.3, 0.4) is 0 Å². The summed E-state index contributed by atoms with van der Waals surface area (Å²) in [7, 11) is -3.73. The van der Waals surface area contributed by atoms with E-state index >= 15 is 0 Å². The van der Waals surface area contributed by atoms with Gasteiger partial charge in [0.2, 0.25) is 10.0 Å². The lowest BCUT2D eigenvalue weighted by atomic mass is 9.94. The Labute approximate surface area is 156 Å². The zero-order chi connectivity index (χ0) is 19.8. The van der Waals surface area contributed by atoms with Gasteiger partial charge in [-0.1, -0.05) is 6.07 Å². The molecule has 1 aliphatic rings. The summed E-state index contributed by atoms with van der Waals surface area (Å²) in [5.41, 5.74) is 0.986. The zero-order valence-corrected chi connectivity index (χ0v) is 15.7. The van der Waals surface area contributed by atoms with Crippen molar-refractivity contribution >= 4 is 15.6 Å². The van der Waals surface area contributed by atoms with Crippen LogP contribution < -0.4 is 0 Å². The topological polar surface area (TPSA) is 89.8 Å². The van der Waals surface area contributed by atoms with Gasteiger partial charge in [0.1, 0.15) is 16.5 Å². The maximum atomic E-state index is 14.0. The molecule has 1 aromatic heterocycles. The maximum Gasteiger partial charge on any atom is 0.246 e. The second-order valence-electron chi connectivity index (χ2n) is 6.35. The fourth-order valence-electron chi connectivity index (χ4n) is 3.34. The number of halogens is 2. The minimum atomic E-state index is -3.73. The van der Waals surface area contributed by atoms with E-state index in [9.17, 15) is 22.5 Å². The van der Waals surface area contributed by atoms with Gasteiger partial charge in [0.15, 0.2) is 0 Å². The van der Waals surface area contributed by atoms with Crippen molar-refractivity contribution < 1.29 is 17.2 Å². The molecule has 2 aromatic rings. The fourth-order valence-corrected chi connectivity index (χ4v) is 5.12. The first-order valence-electron chi connectivity index (χ1n) is 8.35. The van der Waals surface area contributed by atoms with Crippen molar-refractivity contribution in [3.05, 3.63) is 52.4 Å². The average Bonchev–Trinajstić information content (AvgIpc) is 2.97. The number of sulfonamides is 1. The summed E-state index contributed by atoms with van der Waals surface area (Å²) in [5, 5.41) is 16.0. The normalized spacial score (nSPS) is 15.6. The average molecular weight is 392 g/mol. The van der Waals surface area contributed by atoms with Crippen LogP contribution in [0.15, 0.2) is 28.7 Å². The van der Waals surface area contributed by atoms with Crippen LogP contribution in [0.25, 0.3) is 5.57 Å². The van der Waals surface area contributed by atoms with Gasteiger partial charge in [-0.2, -0.15) is 14.7 Å². The van der Waals surface area contributed by atoms with Crippen LogP contribution in [0.2, 0.25) is 0 Å². The summed E-state index contributed by atoms with van der Waals surface area (Å²) in [5.74, 6) is -1.61. The number of aromatic amines is 1. The number of allylic oxidation sites excluding steroid dienone is 1. The van der Waals surface area contributed by atoms with E-state index < -0.39 is 21.7 Å². The molecule has 6 nitrogen and oxygen atoms in total. The van der Waals surface area contributed by atoms with Gasteiger partial charge in [-0.3, -0.25) is 5.10 Å². The third-order valence-corrected chi connectivity index (χ3v) is 6.82. The number of hydrogen-bond donors (Lipinski definition) is 1. The van der Waals surface area contributed by atoms with Gasteiger partial charge >= 0.3 is 0 Å². The summed E-state index contributed by atoms with van der Waals surface area (Å²) in [4.78, 5) is 0.149. The van der Waals surface area contributed by atoms with Crippen molar-refractivity contribution in [1.29, 1.82) is 5.26 Å². The molecule has 3 rings (SSSR count). The standard InChI is InChI=1S/C18H18F2N4O2S/c1-11-18(12(2)23-22-11)27(25,26)24-8-6-13(7-9-24)14(10-21)17-15(19)4-3-5-16(17)20/h3-5H,6-9H2,1-2H3,(H,22,23). The molecule has 142 valence electrons. The van der Waals surface area contributed by atoms with Crippen molar-refractivity contribution in [3.8, 4) is 6.07 Å². The molecule has 9 heteroatoms. The second kappa shape index (κ2) is 7.21. The quantitative estimate of drug-likeness (QED) is 0.813. The lowest BCUT2D eigenvalue weighted by Gasteiger charge is -2.28. The van der Waals surface area contributed by atoms with Crippen LogP contribution in [0.4, 0.5) is 8.78 Å². The molecule has 27 heavy (non-hydrogen) atoms. The van der Waals surface area contributed by atoms with Crippen LogP contribution in [-0.2, 0) is 10.0 Å². The lowest BCUT2D eigenvalue weighted by Crippen LogP contribution is -2.37. The molecule has 2 heterocycles. The molecular formula is C18H18F2N4O2S. The van der Waals surface area contributed by atoms with Crippen molar-refractivity contribution in [1.82, 2.24) is 14.5 Å². The van der Waals surface area contributed by atoms with Crippen molar-refractivity contribution in [2.24, 2.45) is 0 Å². The number of benzene rings is 1. The van der Waals surface area contributed by atoms with Gasteiger partial charge in [-0.25, -0.2) is 17.2 Å². The first-order valence-corrected chi connectivity index (χ1v) is 9.79. The number of aryl methyl sites for hydroxylation is 2. The monoisotopic (exact) mass is 392 g/mol. The maximum absolute atomic E-state index is 14.0. The first-order chi connectivity index (χ1) is 12.8. The molecule has 0 radical (unpaired) electrons. The van der Waals surface area contributed by atoms with E-state index in [1.807, 2.05) is 6.07 Å². The highest BCUT2D eigenvalue weighted by atomic mass is 32.2. The van der Waals surface area contributed by atoms with Crippen LogP contribution in [0.5, 0.6) is 0 Å². The van der Waals surface area contributed by atoms with Gasteiger partial charge in [-0.05, 0) is 44.4 Å². The third kappa shape index (κ3) is 3.38. The van der Waals surface area contributed by atoms with Gasteiger partial charge in [-0.15, -0.1) is 0 Å². The summed E-state index contributed by atoms with van der Waals surface area (Å²) < 4.78 is 55.2. The summed E-state index contributed by atoms with van der Waals surface area (Å²) >= 11 is 0. The van der Waals surface area contributed by atoms with Gasteiger partial charge in [0.25, 0.3) is 0 Å². The van der Waals surface area contributed by atoms with Crippen LogP contribution in [0.1, 0.15) is 29.8 Å². The molecule has 0 saturated carbocycles. The summed E-state index contributed by atoms with van der Waals surface area (Å²) in [6.07, 6.45) is 0.456. The van der Waals surface area contributed by atoms with E-state index in [4.69, 9.17) is 0 Å². The predicted molar refractivity (Wildman–Crippen MR) is 94.9 cm³/mol. The fraction of sp³-hybridized carbons (Fsp3) is 0.333. The van der Waals surface area contributed by atoms with Crippen LogP contribution >= 0.6 is 0 Å². The van der Waals surface area contributed by atoms with E-state index in [1.165, 1.54) is 10.4 Å². The number of nitrogens with zero attached hydrogens (tertiary/aromatic N) is 3. The van der Waals surface area contributed by atoms with E-state index in [1.54, 1.807) is 13.8 Å². The minimum absolute atomic E-state index is 0.0571. The molecule has 0 aliphatic carbocycles. The molecule has 0 spiro atoms. The van der Waals surface area contributed by atoms with E-state index in [0.29, 0.717) is 17.0 Å². The number of hydrogen-bond acceptors (Lipinski definition) is 4. The number of H-pyrrole nitrogens is 1. The lowest BCUT2D eigenvalue weighted by molar-refractivity contribution is 0.387. The van der Waals surface area contributed by atoms with E-state index in [-0.39, 0.29) is 42.0 Å². The van der Waals surface area contributed by atoms with Crippen LogP contribution in [-0.4, -0.2) is 36.0 Å². The number of aromatic nitrogens is 2. The highest BCUT2D eigenvalue weighted by Gasteiger charge is 2.32.